The Morgan fingerprint density at radius 3 is 2.85 bits per heavy atom. The second-order valence-corrected chi connectivity index (χ2v) is 5.01. The predicted molar refractivity (Wildman–Crippen MR) is 76.4 cm³/mol. The van der Waals surface area contributed by atoms with Gasteiger partial charge >= 0.3 is 0 Å². The van der Waals surface area contributed by atoms with Crippen molar-refractivity contribution in [3.8, 4) is 0 Å². The summed E-state index contributed by atoms with van der Waals surface area (Å²) in [6.45, 7) is 0.600. The second kappa shape index (κ2) is 5.25. The maximum absolute atomic E-state index is 13.5. The van der Waals surface area contributed by atoms with Crippen LogP contribution in [-0.4, -0.2) is 25.2 Å². The van der Waals surface area contributed by atoms with Crippen molar-refractivity contribution in [3.05, 3.63) is 47.8 Å². The molecule has 0 N–H and O–H groups in total. The second-order valence-electron chi connectivity index (χ2n) is 4.63. The van der Waals surface area contributed by atoms with Crippen LogP contribution in [0.2, 0.25) is 0 Å². The van der Waals surface area contributed by atoms with Crippen LogP contribution < -0.4 is 0 Å². The molecule has 4 nitrogen and oxygen atoms in total. The fourth-order valence-corrected chi connectivity index (χ4v) is 2.49. The molecule has 0 unspecified atom stereocenters. The van der Waals surface area contributed by atoms with Crippen LogP contribution in [0.25, 0.3) is 11.0 Å². The van der Waals surface area contributed by atoms with Crippen LogP contribution in [0, 0.1) is 5.82 Å². The molecular weight excluding hydrogens is 279 g/mol. The first-order valence-corrected chi connectivity index (χ1v) is 6.90. The molecule has 0 amide bonds. The zero-order valence-electron chi connectivity index (χ0n) is 11.1. The number of benzene rings is 1. The summed E-state index contributed by atoms with van der Waals surface area (Å²) in [7, 11) is 1.89. The van der Waals surface area contributed by atoms with Crippen molar-refractivity contribution in [2.75, 3.05) is 5.88 Å². The Bertz CT molecular complexity index is 747. The summed E-state index contributed by atoms with van der Waals surface area (Å²) in [6.07, 6.45) is 2.39. The highest BCUT2D eigenvalue weighted by molar-refractivity contribution is 6.17. The average molecular weight is 293 g/mol. The number of hydrogen-bond acceptors (Lipinski definition) is 2. The highest BCUT2D eigenvalue weighted by atomic mass is 35.5. The van der Waals surface area contributed by atoms with Crippen LogP contribution in [0.3, 0.4) is 0 Å². The van der Waals surface area contributed by atoms with Crippen LogP contribution in [-0.2, 0) is 20.0 Å². The van der Waals surface area contributed by atoms with Crippen LogP contribution in [0.5, 0.6) is 0 Å². The van der Waals surface area contributed by atoms with Crippen LogP contribution in [0.1, 0.15) is 11.5 Å². The predicted octanol–water partition coefficient (Wildman–Crippen LogP) is 2.74. The van der Waals surface area contributed by atoms with E-state index in [-0.39, 0.29) is 5.82 Å². The minimum atomic E-state index is -0.263. The van der Waals surface area contributed by atoms with Crippen LogP contribution in [0.4, 0.5) is 4.39 Å². The zero-order valence-corrected chi connectivity index (χ0v) is 11.8. The first-order valence-electron chi connectivity index (χ1n) is 6.36. The van der Waals surface area contributed by atoms with Gasteiger partial charge in [0.25, 0.3) is 0 Å². The molecule has 104 valence electrons. The van der Waals surface area contributed by atoms with Crippen molar-refractivity contribution < 1.29 is 4.39 Å². The lowest BCUT2D eigenvalue weighted by Crippen LogP contribution is -2.09. The topological polar surface area (TPSA) is 35.6 Å². The molecule has 20 heavy (non-hydrogen) atoms. The quantitative estimate of drug-likeness (QED) is 0.693. The number of alkyl halides is 1. The first-order chi connectivity index (χ1) is 9.69. The molecule has 0 spiro atoms. The van der Waals surface area contributed by atoms with Gasteiger partial charge in [-0.1, -0.05) is 0 Å². The molecule has 3 aromatic rings. The van der Waals surface area contributed by atoms with E-state index in [9.17, 15) is 4.39 Å². The summed E-state index contributed by atoms with van der Waals surface area (Å²) in [4.78, 5) is 4.54. The van der Waals surface area contributed by atoms with E-state index in [2.05, 4.69) is 10.1 Å². The van der Waals surface area contributed by atoms with Crippen LogP contribution >= 0.6 is 11.6 Å². The number of fused-ring (bicyclic) bond motifs is 1. The molecule has 0 radical (unpaired) electrons. The summed E-state index contributed by atoms with van der Waals surface area (Å²) in [6, 6.07) is 6.57. The van der Waals surface area contributed by atoms with Gasteiger partial charge in [0.05, 0.1) is 23.3 Å². The number of aromatic nitrogens is 4. The van der Waals surface area contributed by atoms with Gasteiger partial charge in [0.15, 0.2) is 0 Å². The normalized spacial score (nSPS) is 11.3. The standard InChI is InChI=1S/C14H14ClFN4/c1-19-11(5-7-17-19)9-20-13-8-10(16)2-3-12(13)18-14(20)4-6-15/h2-3,5,7-8H,4,6,9H2,1H3. The molecule has 0 bridgehead atoms. The Hall–Kier alpha value is -1.88. The third-order valence-electron chi connectivity index (χ3n) is 3.35. The van der Waals surface area contributed by atoms with Crippen LogP contribution in [0.15, 0.2) is 30.5 Å². The highest BCUT2D eigenvalue weighted by Crippen LogP contribution is 2.20. The van der Waals surface area contributed by atoms with Crippen molar-refractivity contribution in [3.63, 3.8) is 0 Å². The molecule has 3 rings (SSSR count). The molecule has 0 aliphatic rings. The van der Waals surface area contributed by atoms with E-state index in [0.717, 1.165) is 22.6 Å². The molecule has 0 aliphatic heterocycles. The van der Waals surface area contributed by atoms with Crippen molar-refractivity contribution in [1.82, 2.24) is 19.3 Å². The minimum Gasteiger partial charge on any atom is -0.322 e. The van der Waals surface area contributed by atoms with Crippen molar-refractivity contribution in [1.29, 1.82) is 0 Å². The molecule has 2 aromatic heterocycles. The van der Waals surface area contributed by atoms with Gasteiger partial charge in [-0.25, -0.2) is 9.37 Å². The lowest BCUT2D eigenvalue weighted by atomic mass is 10.3. The number of aryl methyl sites for hydroxylation is 2. The van der Waals surface area contributed by atoms with Crippen molar-refractivity contribution in [2.45, 2.75) is 13.0 Å². The van der Waals surface area contributed by atoms with E-state index >= 15 is 0 Å². The Balaban J connectivity index is 2.12. The van der Waals surface area contributed by atoms with Gasteiger partial charge in [-0.05, 0) is 24.3 Å². The van der Waals surface area contributed by atoms with Gasteiger partial charge in [-0.15, -0.1) is 11.6 Å². The summed E-state index contributed by atoms with van der Waals surface area (Å²) < 4.78 is 17.3. The maximum atomic E-state index is 13.5. The van der Waals surface area contributed by atoms with E-state index in [4.69, 9.17) is 11.6 Å². The molecule has 0 fully saturated rings. The van der Waals surface area contributed by atoms with Crippen molar-refractivity contribution in [2.24, 2.45) is 7.05 Å². The molecule has 1 aromatic carbocycles. The largest absolute Gasteiger partial charge is 0.322 e. The fraction of sp³-hybridized carbons (Fsp3) is 0.286. The van der Waals surface area contributed by atoms with E-state index in [1.165, 1.54) is 12.1 Å². The number of rotatable bonds is 4. The Morgan fingerprint density at radius 2 is 2.15 bits per heavy atom. The van der Waals surface area contributed by atoms with E-state index < -0.39 is 0 Å². The van der Waals surface area contributed by atoms with Gasteiger partial charge in [-0.3, -0.25) is 4.68 Å². The Morgan fingerprint density at radius 1 is 1.30 bits per heavy atom. The Kier molecular flexibility index (Phi) is 3.44. The van der Waals surface area contributed by atoms with Gasteiger partial charge in [0.1, 0.15) is 11.6 Å². The monoisotopic (exact) mass is 292 g/mol. The summed E-state index contributed by atoms with van der Waals surface area (Å²) in [5, 5.41) is 4.15. The number of imidazole rings is 1. The third-order valence-corrected chi connectivity index (χ3v) is 3.54. The lowest BCUT2D eigenvalue weighted by Gasteiger charge is -2.09. The number of nitrogens with zero attached hydrogens (tertiary/aromatic N) is 4. The SMILES string of the molecule is Cn1nccc1Cn1c(CCCl)nc2ccc(F)cc21. The minimum absolute atomic E-state index is 0.263. The van der Waals surface area contributed by atoms with Gasteiger partial charge < -0.3 is 4.57 Å². The highest BCUT2D eigenvalue weighted by Gasteiger charge is 2.12. The number of halogens is 2. The summed E-state index contributed by atoms with van der Waals surface area (Å²) in [5.74, 6) is 1.08. The summed E-state index contributed by atoms with van der Waals surface area (Å²) in [5.41, 5.74) is 2.60. The van der Waals surface area contributed by atoms with Gasteiger partial charge in [-0.2, -0.15) is 5.10 Å². The molecule has 0 saturated heterocycles. The van der Waals surface area contributed by atoms with Gasteiger partial charge in [0.2, 0.25) is 0 Å². The van der Waals surface area contributed by atoms with E-state index in [1.54, 1.807) is 16.9 Å². The molecule has 6 heteroatoms. The maximum Gasteiger partial charge on any atom is 0.125 e. The first kappa shape index (κ1) is 13.1. The number of hydrogen-bond donors (Lipinski definition) is 0. The van der Waals surface area contributed by atoms with Crippen molar-refractivity contribution >= 4 is 22.6 Å². The smallest absolute Gasteiger partial charge is 0.125 e. The molecule has 0 aliphatic carbocycles. The summed E-state index contributed by atoms with van der Waals surface area (Å²) >= 11 is 5.84. The fourth-order valence-electron chi connectivity index (χ4n) is 2.32. The average Bonchev–Trinajstić information content (AvgIpc) is 2.96. The third kappa shape index (κ3) is 2.29. The molecular formula is C14H14ClFN4. The Labute approximate surface area is 120 Å². The zero-order chi connectivity index (χ0) is 14.1. The molecule has 0 atom stereocenters. The van der Waals surface area contributed by atoms with Gasteiger partial charge in [0, 0.05) is 25.5 Å². The van der Waals surface area contributed by atoms with E-state index in [1.807, 2.05) is 17.7 Å². The molecule has 2 heterocycles. The van der Waals surface area contributed by atoms with E-state index in [0.29, 0.717) is 18.8 Å². The molecule has 0 saturated carbocycles. The lowest BCUT2D eigenvalue weighted by molar-refractivity contribution is 0.626.